The second-order valence-electron chi connectivity index (χ2n) is 5.69. The van der Waals surface area contributed by atoms with Gasteiger partial charge in [-0.05, 0) is 30.3 Å². The third-order valence-electron chi connectivity index (χ3n) is 4.06. The van der Waals surface area contributed by atoms with Gasteiger partial charge in [0.15, 0.2) is 0 Å². The molecule has 1 heterocycles. The lowest BCUT2D eigenvalue weighted by atomic mass is 9.93. The predicted molar refractivity (Wildman–Crippen MR) is 111 cm³/mol. The minimum absolute atomic E-state index is 0.180. The summed E-state index contributed by atoms with van der Waals surface area (Å²) in [6, 6.07) is 5.23. The second-order valence-corrected chi connectivity index (χ2v) is 6.29. The Balaban J connectivity index is 2.66. The lowest BCUT2D eigenvalue weighted by Crippen LogP contribution is -2.20. The number of benzene rings is 1. The van der Waals surface area contributed by atoms with E-state index >= 15 is 4.39 Å². The van der Waals surface area contributed by atoms with E-state index in [4.69, 9.17) is 13.6 Å². The Bertz CT molecular complexity index is 935. The molecule has 0 saturated carbocycles. The second kappa shape index (κ2) is 8.23. The molecule has 2 rings (SSSR count). The molecule has 7 heteroatoms. The highest BCUT2D eigenvalue weighted by atomic mass is 32.1. The predicted octanol–water partition coefficient (Wildman–Crippen LogP) is 3.61. The lowest BCUT2D eigenvalue weighted by molar-refractivity contribution is 0.635. The summed E-state index contributed by atoms with van der Waals surface area (Å²) in [5.74, 6) is -0.249. The molecule has 2 aromatic rings. The first-order valence-corrected chi connectivity index (χ1v) is 8.26. The number of fused-ring (bicyclic) bond motifs is 1. The summed E-state index contributed by atoms with van der Waals surface area (Å²) in [6.07, 6.45) is 3.09. The number of amidine groups is 1. The van der Waals surface area contributed by atoms with Gasteiger partial charge < -0.3 is 10.0 Å². The fraction of sp³-hybridized carbons (Fsp3) is 0.158. The number of rotatable bonds is 6. The smallest absolute Gasteiger partial charge is 0.140 e. The monoisotopic (exact) mass is 366 g/mol. The van der Waals surface area contributed by atoms with Crippen molar-refractivity contribution < 1.29 is 4.39 Å². The average Bonchev–Trinajstić information content (AvgIpc) is 2.61. The van der Waals surface area contributed by atoms with E-state index in [-0.39, 0.29) is 5.84 Å². The van der Waals surface area contributed by atoms with Crippen LogP contribution in [0, 0.1) is 5.82 Å². The van der Waals surface area contributed by atoms with E-state index in [1.165, 1.54) is 12.4 Å². The van der Waals surface area contributed by atoms with Crippen LogP contribution in [0.3, 0.4) is 0 Å². The minimum Gasteiger partial charge on any atom is -0.383 e. The number of aromatic nitrogens is 1. The van der Waals surface area contributed by atoms with Crippen LogP contribution in [0.2, 0.25) is 0 Å². The number of nitrogens with zero attached hydrogens (tertiary/aromatic N) is 3. The molecular formula is C19H20BFN4S. The number of nitrogens with two attached hydrogens (primary N) is 1. The summed E-state index contributed by atoms with van der Waals surface area (Å²) in [5.41, 5.74) is 8.63. The number of aliphatic imine (C=N–C) groups is 1. The lowest BCUT2D eigenvalue weighted by Gasteiger charge is -2.20. The van der Waals surface area contributed by atoms with Crippen LogP contribution in [0.4, 0.5) is 4.39 Å². The van der Waals surface area contributed by atoms with Gasteiger partial charge in [-0.1, -0.05) is 38.1 Å². The molecule has 0 amide bonds. The molecule has 0 atom stereocenters. The van der Waals surface area contributed by atoms with Crippen molar-refractivity contribution in [1.29, 1.82) is 0 Å². The number of thiol groups is 1. The molecule has 0 unspecified atom stereocenters. The fourth-order valence-corrected chi connectivity index (χ4v) is 2.69. The highest BCUT2D eigenvalue weighted by molar-refractivity contribution is 7.77. The van der Waals surface area contributed by atoms with Crippen molar-refractivity contribution in [3.05, 3.63) is 72.1 Å². The molecule has 0 spiro atoms. The molecule has 1 aromatic heterocycles. The number of hydrogen-bond donors (Lipinski definition) is 2. The average molecular weight is 366 g/mol. The van der Waals surface area contributed by atoms with Crippen LogP contribution in [-0.4, -0.2) is 30.0 Å². The fourth-order valence-electron chi connectivity index (χ4n) is 2.59. The maximum atomic E-state index is 15.1. The van der Waals surface area contributed by atoms with Crippen molar-refractivity contribution in [2.45, 2.75) is 13.2 Å². The Labute approximate surface area is 160 Å². The van der Waals surface area contributed by atoms with Crippen molar-refractivity contribution in [2.75, 3.05) is 7.05 Å². The van der Waals surface area contributed by atoms with Gasteiger partial charge in [-0.15, -0.1) is 0 Å². The molecular weight excluding hydrogens is 346 g/mol. The van der Waals surface area contributed by atoms with Crippen LogP contribution in [0.25, 0.3) is 16.3 Å². The summed E-state index contributed by atoms with van der Waals surface area (Å²) >= 11 is 4.29. The van der Waals surface area contributed by atoms with Gasteiger partial charge in [0.2, 0.25) is 0 Å². The van der Waals surface area contributed by atoms with Crippen molar-refractivity contribution in [3.8, 4) is 0 Å². The maximum Gasteiger partial charge on any atom is 0.140 e. The Morgan fingerprint density at radius 1 is 1.50 bits per heavy atom. The Morgan fingerprint density at radius 3 is 2.77 bits per heavy atom. The molecule has 0 bridgehead atoms. The molecule has 4 nitrogen and oxygen atoms in total. The summed E-state index contributed by atoms with van der Waals surface area (Å²) in [5, 5.41) is 1.10. The third kappa shape index (κ3) is 3.83. The van der Waals surface area contributed by atoms with Gasteiger partial charge in [-0.25, -0.2) is 9.38 Å². The first-order chi connectivity index (χ1) is 12.3. The van der Waals surface area contributed by atoms with Crippen molar-refractivity contribution in [2.24, 2.45) is 10.7 Å². The molecule has 1 aromatic carbocycles. The van der Waals surface area contributed by atoms with Crippen molar-refractivity contribution >= 4 is 42.8 Å². The Hall–Kier alpha value is -2.54. The van der Waals surface area contributed by atoms with Crippen LogP contribution < -0.4 is 5.73 Å². The standard InChI is InChI=1S/C19H20BFN4S/c1-5-23-19(22)17(12(3)25(4)26)11(2)15-7-6-13-8-14(9-20)24-10-16(13)18(15)21/h5-8,10,26H,1-2,9H2,3-4H3,(H2,22,23)/b17-12+. The highest BCUT2D eigenvalue weighted by Gasteiger charge is 2.19. The Kier molecular flexibility index (Phi) is 6.26. The largest absolute Gasteiger partial charge is 0.383 e. The molecule has 0 aliphatic rings. The van der Waals surface area contributed by atoms with Gasteiger partial charge >= 0.3 is 0 Å². The van der Waals surface area contributed by atoms with Gasteiger partial charge in [-0.2, -0.15) is 0 Å². The van der Waals surface area contributed by atoms with Gasteiger partial charge in [0, 0.05) is 47.4 Å². The highest BCUT2D eigenvalue weighted by Crippen LogP contribution is 2.31. The minimum atomic E-state index is -0.429. The van der Waals surface area contributed by atoms with Gasteiger partial charge in [0.25, 0.3) is 0 Å². The zero-order valence-electron chi connectivity index (χ0n) is 14.8. The van der Waals surface area contributed by atoms with Crippen molar-refractivity contribution in [1.82, 2.24) is 9.29 Å². The van der Waals surface area contributed by atoms with Gasteiger partial charge in [-0.3, -0.25) is 4.98 Å². The van der Waals surface area contributed by atoms with E-state index < -0.39 is 5.82 Å². The van der Waals surface area contributed by atoms with Crippen LogP contribution >= 0.6 is 12.8 Å². The summed E-state index contributed by atoms with van der Waals surface area (Å²) in [4.78, 5) is 8.19. The number of allylic oxidation sites excluding steroid dienone is 1. The van der Waals surface area contributed by atoms with E-state index in [0.29, 0.717) is 39.8 Å². The van der Waals surface area contributed by atoms with E-state index in [1.54, 1.807) is 36.5 Å². The molecule has 0 saturated heterocycles. The Morgan fingerprint density at radius 2 is 2.19 bits per heavy atom. The van der Waals surface area contributed by atoms with Crippen molar-refractivity contribution in [3.63, 3.8) is 0 Å². The number of hydrogen-bond acceptors (Lipinski definition) is 4. The van der Waals surface area contributed by atoms with Gasteiger partial charge in [0.05, 0.1) is 7.85 Å². The van der Waals surface area contributed by atoms with Gasteiger partial charge in [0.1, 0.15) is 11.7 Å². The zero-order chi connectivity index (χ0) is 19.4. The van der Waals surface area contributed by atoms with E-state index in [9.17, 15) is 0 Å². The van der Waals surface area contributed by atoms with Crippen LogP contribution in [0.15, 0.2) is 60.0 Å². The molecule has 2 N–H and O–H groups in total. The molecule has 0 fully saturated rings. The maximum absolute atomic E-state index is 15.1. The normalized spacial score (nSPS) is 12.7. The molecule has 26 heavy (non-hydrogen) atoms. The zero-order valence-corrected chi connectivity index (χ0v) is 15.7. The molecule has 0 aliphatic carbocycles. The molecule has 0 aliphatic heterocycles. The molecule has 2 radical (unpaired) electrons. The molecule has 132 valence electrons. The first-order valence-electron chi connectivity index (χ1n) is 7.86. The SMILES string of the molecule is [B]Cc1cc2ccc(C(=C)/C(C(N)=NC=C)=C(/C)N(C)S)c(F)c2cn1. The van der Waals surface area contributed by atoms with Crippen LogP contribution in [0.1, 0.15) is 18.2 Å². The summed E-state index contributed by atoms with van der Waals surface area (Å²) < 4.78 is 16.7. The van der Waals surface area contributed by atoms with E-state index in [2.05, 4.69) is 35.9 Å². The third-order valence-corrected chi connectivity index (χ3v) is 4.36. The topological polar surface area (TPSA) is 54.5 Å². The quantitative estimate of drug-likeness (QED) is 0.270. The van der Waals surface area contributed by atoms with E-state index in [1.807, 2.05) is 0 Å². The number of pyridine rings is 1. The summed E-state index contributed by atoms with van der Waals surface area (Å²) in [6.45, 7) is 9.39. The van der Waals surface area contributed by atoms with Crippen LogP contribution in [-0.2, 0) is 6.32 Å². The number of halogens is 1. The first kappa shape index (κ1) is 19.8. The van der Waals surface area contributed by atoms with E-state index in [0.717, 1.165) is 5.39 Å². The summed E-state index contributed by atoms with van der Waals surface area (Å²) in [7, 11) is 7.33. The van der Waals surface area contributed by atoms with Crippen LogP contribution in [0.5, 0.6) is 0 Å².